The van der Waals surface area contributed by atoms with Gasteiger partial charge in [0, 0.05) is 47.0 Å². The Balaban J connectivity index is 1.14. The topological polar surface area (TPSA) is 9.86 Å². The Morgan fingerprint density at radius 1 is 0.333 bits per heavy atom. The third kappa shape index (κ3) is 5.38. The summed E-state index contributed by atoms with van der Waals surface area (Å²) in [5, 5.41) is 2.52. The van der Waals surface area contributed by atoms with Crippen LogP contribution in [0.1, 0.15) is 22.3 Å². The SMILES string of the molecule is Cn1c(-c2ccc(-c3ccc(-c4c(/C=C/c5ccccc5)c5ccccc5n4C)cc3)cc2)c(/C=C/c2ccccc2)c2ccccc21. The van der Waals surface area contributed by atoms with Crippen molar-refractivity contribution in [2.45, 2.75) is 0 Å². The lowest BCUT2D eigenvalue weighted by Crippen LogP contribution is -1.93. The maximum Gasteiger partial charge on any atom is 0.0562 e. The number of benzene rings is 6. The van der Waals surface area contributed by atoms with Crippen LogP contribution in [0.2, 0.25) is 0 Å². The summed E-state index contributed by atoms with van der Waals surface area (Å²) in [5.74, 6) is 0. The number of aromatic nitrogens is 2. The van der Waals surface area contributed by atoms with Crippen LogP contribution in [0.5, 0.6) is 0 Å². The van der Waals surface area contributed by atoms with E-state index in [1.807, 2.05) is 0 Å². The van der Waals surface area contributed by atoms with Crippen molar-refractivity contribution >= 4 is 46.1 Å². The van der Waals surface area contributed by atoms with Crippen LogP contribution in [0.25, 0.3) is 79.8 Å². The fourth-order valence-corrected chi connectivity index (χ4v) is 7.01. The average molecular weight is 617 g/mol. The molecule has 8 aromatic rings. The summed E-state index contributed by atoms with van der Waals surface area (Å²) in [6, 6.07) is 56.4. The van der Waals surface area contributed by atoms with E-state index < -0.39 is 0 Å². The summed E-state index contributed by atoms with van der Waals surface area (Å²) in [4.78, 5) is 0. The van der Waals surface area contributed by atoms with E-state index >= 15 is 0 Å². The number of hydrogen-bond acceptors (Lipinski definition) is 0. The van der Waals surface area contributed by atoms with Gasteiger partial charge in [0.25, 0.3) is 0 Å². The minimum Gasteiger partial charge on any atom is -0.343 e. The highest BCUT2D eigenvalue weighted by molar-refractivity contribution is 6.01. The molecule has 2 nitrogen and oxygen atoms in total. The first-order chi connectivity index (χ1) is 23.7. The Hall–Kier alpha value is -6.12. The van der Waals surface area contributed by atoms with Gasteiger partial charge in [-0.05, 0) is 45.5 Å². The molecule has 0 aliphatic heterocycles. The van der Waals surface area contributed by atoms with E-state index in [2.05, 4.69) is 205 Å². The lowest BCUT2D eigenvalue weighted by atomic mass is 9.98. The third-order valence-electron chi connectivity index (χ3n) is 9.43. The maximum atomic E-state index is 2.32. The number of nitrogens with zero attached hydrogens (tertiary/aromatic N) is 2. The fraction of sp³-hybridized carbons (Fsp3) is 0.0435. The predicted octanol–water partition coefficient (Wildman–Crippen LogP) is 12.0. The molecule has 0 aliphatic carbocycles. The standard InChI is InChI=1S/C46H36N2/c1-47-43-19-11-9-17-39(43)41(31-21-33-13-5-3-6-14-33)45(47)37-27-23-35(24-28-37)36-25-29-38(30-26-36)46-42(32-22-34-15-7-4-8-16-34)40-18-10-12-20-44(40)48(46)2/h3-32H,1-2H3/b31-21+,32-22+. The van der Waals surface area contributed by atoms with Crippen LogP contribution >= 0.6 is 0 Å². The Morgan fingerprint density at radius 2 is 0.667 bits per heavy atom. The van der Waals surface area contributed by atoms with Crippen LogP contribution in [0.4, 0.5) is 0 Å². The zero-order valence-corrected chi connectivity index (χ0v) is 27.2. The van der Waals surface area contributed by atoms with Crippen molar-refractivity contribution < 1.29 is 0 Å². The molecule has 0 saturated heterocycles. The zero-order chi connectivity index (χ0) is 32.5. The maximum absolute atomic E-state index is 2.32. The van der Waals surface area contributed by atoms with Gasteiger partial charge < -0.3 is 9.13 Å². The zero-order valence-electron chi connectivity index (χ0n) is 27.2. The van der Waals surface area contributed by atoms with E-state index in [4.69, 9.17) is 0 Å². The summed E-state index contributed by atoms with van der Waals surface area (Å²) in [7, 11) is 4.33. The van der Waals surface area contributed by atoms with Crippen LogP contribution in [-0.4, -0.2) is 9.13 Å². The van der Waals surface area contributed by atoms with Crippen molar-refractivity contribution in [3.8, 4) is 33.6 Å². The second-order valence-electron chi connectivity index (χ2n) is 12.3. The molecule has 0 N–H and O–H groups in total. The van der Waals surface area contributed by atoms with Crippen molar-refractivity contribution in [2.75, 3.05) is 0 Å². The first-order valence-corrected chi connectivity index (χ1v) is 16.5. The summed E-state index contributed by atoms with van der Waals surface area (Å²) in [6.45, 7) is 0. The monoisotopic (exact) mass is 616 g/mol. The van der Waals surface area contributed by atoms with Gasteiger partial charge in [-0.3, -0.25) is 0 Å². The molecule has 0 saturated carbocycles. The van der Waals surface area contributed by atoms with Gasteiger partial charge in [-0.15, -0.1) is 0 Å². The number of rotatable bonds is 7. The van der Waals surface area contributed by atoms with Crippen LogP contribution in [-0.2, 0) is 14.1 Å². The molecule has 6 aromatic carbocycles. The van der Waals surface area contributed by atoms with Gasteiger partial charge in [-0.1, -0.05) is 170 Å². The Morgan fingerprint density at radius 3 is 1.06 bits per heavy atom. The average Bonchev–Trinajstić information content (AvgIpc) is 3.60. The Bertz CT molecular complexity index is 2240. The Kier molecular flexibility index (Phi) is 7.68. The fourth-order valence-electron chi connectivity index (χ4n) is 7.01. The normalized spacial score (nSPS) is 11.8. The van der Waals surface area contributed by atoms with E-state index in [9.17, 15) is 0 Å². The molecular weight excluding hydrogens is 581 g/mol. The largest absolute Gasteiger partial charge is 0.343 e. The van der Waals surface area contributed by atoms with E-state index in [0.717, 1.165) is 0 Å². The summed E-state index contributed by atoms with van der Waals surface area (Å²) in [6.07, 6.45) is 8.94. The van der Waals surface area contributed by atoms with Crippen LogP contribution < -0.4 is 0 Å². The molecular formula is C46H36N2. The molecule has 0 atom stereocenters. The van der Waals surface area contributed by atoms with E-state index in [0.29, 0.717) is 0 Å². The van der Waals surface area contributed by atoms with Crippen LogP contribution in [0.15, 0.2) is 158 Å². The summed E-state index contributed by atoms with van der Waals surface area (Å²) in [5.41, 5.74) is 14.6. The number of fused-ring (bicyclic) bond motifs is 2. The highest BCUT2D eigenvalue weighted by atomic mass is 15.0. The molecule has 0 amide bonds. The van der Waals surface area contributed by atoms with E-state index in [-0.39, 0.29) is 0 Å². The molecule has 0 aliphatic rings. The minimum absolute atomic E-state index is 1.19. The molecule has 2 heteroatoms. The van der Waals surface area contributed by atoms with Gasteiger partial charge >= 0.3 is 0 Å². The molecule has 0 bridgehead atoms. The molecule has 0 fully saturated rings. The smallest absolute Gasteiger partial charge is 0.0562 e. The van der Waals surface area contributed by atoms with Crippen molar-refractivity contribution in [3.05, 3.63) is 180 Å². The highest BCUT2D eigenvalue weighted by Crippen LogP contribution is 2.37. The second kappa shape index (κ2) is 12.6. The third-order valence-corrected chi connectivity index (χ3v) is 9.43. The number of para-hydroxylation sites is 2. The van der Waals surface area contributed by atoms with Gasteiger partial charge in [-0.2, -0.15) is 0 Å². The van der Waals surface area contributed by atoms with Gasteiger partial charge in [0.05, 0.1) is 11.4 Å². The molecule has 0 spiro atoms. The van der Waals surface area contributed by atoms with Crippen LogP contribution in [0.3, 0.4) is 0 Å². The van der Waals surface area contributed by atoms with Gasteiger partial charge in [-0.25, -0.2) is 0 Å². The van der Waals surface area contributed by atoms with Crippen molar-refractivity contribution in [3.63, 3.8) is 0 Å². The van der Waals surface area contributed by atoms with Gasteiger partial charge in [0.1, 0.15) is 0 Å². The quantitative estimate of drug-likeness (QED) is 0.169. The first kappa shape index (κ1) is 29.3. The molecule has 48 heavy (non-hydrogen) atoms. The van der Waals surface area contributed by atoms with Gasteiger partial charge in [0.15, 0.2) is 0 Å². The van der Waals surface area contributed by atoms with E-state index in [1.165, 1.54) is 77.7 Å². The molecule has 2 heterocycles. The van der Waals surface area contributed by atoms with Crippen LogP contribution in [0, 0.1) is 0 Å². The second-order valence-corrected chi connectivity index (χ2v) is 12.3. The summed E-state index contributed by atoms with van der Waals surface area (Å²) < 4.78 is 4.63. The van der Waals surface area contributed by atoms with E-state index in [1.54, 1.807) is 0 Å². The number of aryl methyl sites for hydroxylation is 2. The highest BCUT2D eigenvalue weighted by Gasteiger charge is 2.17. The lowest BCUT2D eigenvalue weighted by molar-refractivity contribution is 0.977. The molecule has 8 rings (SSSR count). The number of hydrogen-bond donors (Lipinski definition) is 0. The molecule has 230 valence electrons. The lowest BCUT2D eigenvalue weighted by Gasteiger charge is -2.10. The Labute approximate surface area is 282 Å². The van der Waals surface area contributed by atoms with Crippen molar-refractivity contribution in [1.82, 2.24) is 9.13 Å². The molecule has 0 radical (unpaired) electrons. The van der Waals surface area contributed by atoms with Gasteiger partial charge in [0.2, 0.25) is 0 Å². The predicted molar refractivity (Wildman–Crippen MR) is 206 cm³/mol. The van der Waals surface area contributed by atoms with Crippen molar-refractivity contribution in [2.24, 2.45) is 14.1 Å². The molecule has 2 aromatic heterocycles. The van der Waals surface area contributed by atoms with Crippen molar-refractivity contribution in [1.29, 1.82) is 0 Å². The summed E-state index contributed by atoms with van der Waals surface area (Å²) >= 11 is 0. The first-order valence-electron chi connectivity index (χ1n) is 16.5. The molecule has 0 unspecified atom stereocenters. The minimum atomic E-state index is 1.19.